The number of carbonyl (C=O) groups is 2. The molecule has 1 N–H and O–H groups in total. The maximum Gasteiger partial charge on any atom is 0.308 e. The number of thiophene rings is 1. The Kier molecular flexibility index (Phi) is 10.5. The molecule has 5 rings (SSSR count). The minimum Gasteiger partial charge on any atom is -0.494 e. The molecule has 0 saturated carbocycles. The molecular weight excluding hydrogens is 554 g/mol. The van der Waals surface area contributed by atoms with Gasteiger partial charge in [0.15, 0.2) is 0 Å². The first-order valence-corrected chi connectivity index (χ1v) is 15.4. The highest BCUT2D eigenvalue weighted by molar-refractivity contribution is 7.17. The molecule has 0 aliphatic carbocycles. The Labute approximate surface area is 249 Å². The van der Waals surface area contributed by atoms with Gasteiger partial charge in [0.25, 0.3) is 0 Å². The number of carbonyl (C=O) groups excluding carboxylic acids is 1. The lowest BCUT2D eigenvalue weighted by molar-refractivity contribution is -0.150. The highest BCUT2D eigenvalue weighted by Crippen LogP contribution is 2.31. The van der Waals surface area contributed by atoms with Gasteiger partial charge in [-0.3, -0.25) is 14.5 Å². The maximum atomic E-state index is 11.8. The van der Waals surface area contributed by atoms with Crippen LogP contribution in [0.2, 0.25) is 0 Å². The minimum atomic E-state index is -0.869. The average molecular weight is 592 g/mol. The van der Waals surface area contributed by atoms with E-state index in [1.165, 1.54) is 15.8 Å². The molecule has 0 amide bonds. The van der Waals surface area contributed by atoms with E-state index in [0.29, 0.717) is 25.3 Å². The monoisotopic (exact) mass is 591 g/mol. The van der Waals surface area contributed by atoms with Gasteiger partial charge in [-0.05, 0) is 74.0 Å². The lowest BCUT2D eigenvalue weighted by Crippen LogP contribution is -2.46. The van der Waals surface area contributed by atoms with Crippen LogP contribution in [0, 0.1) is 0 Å². The zero-order valence-electron chi connectivity index (χ0n) is 23.7. The van der Waals surface area contributed by atoms with E-state index in [4.69, 9.17) is 19.3 Å². The first kappa shape index (κ1) is 29.6. The third kappa shape index (κ3) is 8.33. The van der Waals surface area contributed by atoms with E-state index in [-0.39, 0.29) is 19.6 Å². The number of anilines is 1. The molecule has 1 saturated heterocycles. The molecule has 42 heavy (non-hydrogen) atoms. The molecule has 1 aliphatic rings. The minimum absolute atomic E-state index is 0.0443. The van der Waals surface area contributed by atoms with Crippen LogP contribution < -0.4 is 14.4 Å². The number of nitrogens with zero attached hydrogens (tertiary/aromatic N) is 3. The second kappa shape index (κ2) is 14.8. The van der Waals surface area contributed by atoms with Gasteiger partial charge < -0.3 is 24.2 Å². The number of fused-ring (bicyclic) bond motifs is 2. The highest BCUT2D eigenvalue weighted by atomic mass is 32.1. The molecule has 0 unspecified atom stereocenters. The Bertz CT molecular complexity index is 1480. The molecule has 0 atom stereocenters. The van der Waals surface area contributed by atoms with Crippen molar-refractivity contribution in [1.82, 2.24) is 9.88 Å². The average Bonchev–Trinajstić information content (AvgIpc) is 3.49. The van der Waals surface area contributed by atoms with Gasteiger partial charge >= 0.3 is 11.9 Å². The third-order valence-electron chi connectivity index (χ3n) is 7.41. The van der Waals surface area contributed by atoms with Crippen LogP contribution in [0.1, 0.15) is 38.5 Å². The SMILES string of the molecule is O=C(O)CCCCC(=O)OCOc1ccc2ccc(OCCCCN3CCN(c4cccc5sccc45)CC3)cc2n1. The van der Waals surface area contributed by atoms with Gasteiger partial charge in [0.1, 0.15) is 5.75 Å². The Morgan fingerprint density at radius 2 is 1.74 bits per heavy atom. The van der Waals surface area contributed by atoms with Crippen LogP contribution in [0.25, 0.3) is 21.0 Å². The van der Waals surface area contributed by atoms with E-state index in [9.17, 15) is 9.59 Å². The van der Waals surface area contributed by atoms with Crippen molar-refractivity contribution in [2.45, 2.75) is 38.5 Å². The van der Waals surface area contributed by atoms with Crippen LogP contribution in [0.15, 0.2) is 60.0 Å². The number of aromatic nitrogens is 1. The standard InChI is InChI=1S/C32H37N3O6S/c36-31(37)8-1-2-9-32(38)41-23-40-30-13-11-24-10-12-25(22-27(24)33-30)39-20-4-3-15-34-16-18-35(19-17-34)28-6-5-7-29-26(28)14-21-42-29/h5-7,10-14,21-22H,1-4,8-9,15-20,23H2,(H,36,37). The van der Waals surface area contributed by atoms with Crippen molar-refractivity contribution < 1.29 is 28.9 Å². The third-order valence-corrected chi connectivity index (χ3v) is 8.29. The zero-order valence-corrected chi connectivity index (χ0v) is 24.5. The molecule has 3 heterocycles. The number of aliphatic carboxylic acids is 1. The molecule has 1 fully saturated rings. The molecule has 10 heteroatoms. The van der Waals surface area contributed by atoms with Gasteiger partial charge in [0, 0.05) is 72.3 Å². The number of rotatable bonds is 15. The molecule has 0 radical (unpaired) electrons. The zero-order chi connectivity index (χ0) is 29.1. The van der Waals surface area contributed by atoms with Crippen LogP contribution in [-0.4, -0.2) is 73.1 Å². The second-order valence-corrected chi connectivity index (χ2v) is 11.3. The molecule has 4 aromatic rings. The molecule has 9 nitrogen and oxygen atoms in total. The number of ether oxygens (including phenoxy) is 3. The van der Waals surface area contributed by atoms with Crippen molar-refractivity contribution in [3.05, 3.63) is 60.0 Å². The number of esters is 1. The van der Waals surface area contributed by atoms with E-state index in [0.717, 1.165) is 62.2 Å². The number of unbranched alkanes of at least 4 members (excludes halogenated alkanes) is 2. The Hall–Kier alpha value is -3.89. The van der Waals surface area contributed by atoms with Gasteiger partial charge in [-0.2, -0.15) is 0 Å². The van der Waals surface area contributed by atoms with Crippen molar-refractivity contribution in [2.75, 3.05) is 51.0 Å². The smallest absolute Gasteiger partial charge is 0.308 e. The number of benzene rings is 2. The summed E-state index contributed by atoms with van der Waals surface area (Å²) in [6.45, 7) is 5.74. The van der Waals surface area contributed by atoms with Crippen LogP contribution in [0.4, 0.5) is 5.69 Å². The summed E-state index contributed by atoms with van der Waals surface area (Å²) in [5.74, 6) is -0.181. The number of hydrogen-bond acceptors (Lipinski definition) is 9. The number of carboxylic acids is 1. The Morgan fingerprint density at radius 3 is 2.60 bits per heavy atom. The summed E-state index contributed by atoms with van der Waals surface area (Å²) in [6, 6.07) is 18.3. The van der Waals surface area contributed by atoms with E-state index >= 15 is 0 Å². The van der Waals surface area contributed by atoms with Crippen LogP contribution in [0.3, 0.4) is 0 Å². The van der Waals surface area contributed by atoms with Gasteiger partial charge in [-0.15, -0.1) is 11.3 Å². The fraction of sp³-hybridized carbons (Fsp3) is 0.406. The van der Waals surface area contributed by atoms with Gasteiger partial charge in [0.05, 0.1) is 12.1 Å². The summed E-state index contributed by atoms with van der Waals surface area (Å²) >= 11 is 1.80. The van der Waals surface area contributed by atoms with Crippen LogP contribution in [-0.2, 0) is 14.3 Å². The van der Waals surface area contributed by atoms with Crippen molar-refractivity contribution in [3.8, 4) is 11.6 Å². The Morgan fingerprint density at radius 1 is 0.905 bits per heavy atom. The van der Waals surface area contributed by atoms with Gasteiger partial charge in [-0.1, -0.05) is 6.07 Å². The molecule has 0 spiro atoms. The topological polar surface area (TPSA) is 101 Å². The normalized spacial score (nSPS) is 13.9. The van der Waals surface area contributed by atoms with Crippen molar-refractivity contribution >= 4 is 50.0 Å². The van der Waals surface area contributed by atoms with Crippen molar-refractivity contribution in [1.29, 1.82) is 0 Å². The van der Waals surface area contributed by atoms with Crippen LogP contribution >= 0.6 is 11.3 Å². The largest absolute Gasteiger partial charge is 0.494 e. The highest BCUT2D eigenvalue weighted by Gasteiger charge is 2.18. The molecule has 222 valence electrons. The van der Waals surface area contributed by atoms with Crippen molar-refractivity contribution in [2.24, 2.45) is 0 Å². The number of carboxylic acid groups (broad SMARTS) is 1. The number of hydrogen-bond donors (Lipinski definition) is 1. The molecular formula is C32H37N3O6S. The fourth-order valence-electron chi connectivity index (χ4n) is 5.12. The quantitative estimate of drug-likeness (QED) is 0.102. The van der Waals surface area contributed by atoms with E-state index in [2.05, 4.69) is 44.4 Å². The maximum absolute atomic E-state index is 11.8. The summed E-state index contributed by atoms with van der Waals surface area (Å²) in [5, 5.41) is 13.1. The van der Waals surface area contributed by atoms with Crippen molar-refractivity contribution in [3.63, 3.8) is 0 Å². The molecule has 2 aromatic carbocycles. The lowest BCUT2D eigenvalue weighted by atomic mass is 10.2. The predicted octanol–water partition coefficient (Wildman–Crippen LogP) is 5.96. The van der Waals surface area contributed by atoms with E-state index in [1.54, 1.807) is 17.4 Å². The fourth-order valence-corrected chi connectivity index (χ4v) is 5.92. The molecule has 0 bridgehead atoms. The molecule has 1 aliphatic heterocycles. The summed E-state index contributed by atoms with van der Waals surface area (Å²) < 4.78 is 17.9. The van der Waals surface area contributed by atoms with E-state index < -0.39 is 11.9 Å². The number of pyridine rings is 1. The first-order valence-electron chi connectivity index (χ1n) is 14.5. The summed E-state index contributed by atoms with van der Waals surface area (Å²) in [5.41, 5.74) is 2.09. The Balaban J connectivity index is 0.989. The summed E-state index contributed by atoms with van der Waals surface area (Å²) in [6.07, 6.45) is 3.17. The van der Waals surface area contributed by atoms with Gasteiger partial charge in [-0.25, -0.2) is 4.98 Å². The lowest BCUT2D eigenvalue weighted by Gasteiger charge is -2.36. The second-order valence-electron chi connectivity index (χ2n) is 10.4. The van der Waals surface area contributed by atoms with Gasteiger partial charge in [0.2, 0.25) is 12.7 Å². The number of piperazine rings is 1. The van der Waals surface area contributed by atoms with E-state index in [1.807, 2.05) is 24.3 Å². The molecule has 2 aromatic heterocycles. The predicted molar refractivity (Wildman–Crippen MR) is 165 cm³/mol. The van der Waals surface area contributed by atoms with Crippen LogP contribution in [0.5, 0.6) is 11.6 Å². The summed E-state index contributed by atoms with van der Waals surface area (Å²) in [4.78, 5) is 31.9. The first-order chi connectivity index (χ1) is 20.5. The summed E-state index contributed by atoms with van der Waals surface area (Å²) in [7, 11) is 0.